The largest absolute Gasteiger partial charge is 0.348 e. The predicted octanol–water partition coefficient (Wildman–Crippen LogP) is 2.29. The van der Waals surface area contributed by atoms with Gasteiger partial charge in [0.25, 0.3) is 11.5 Å². The van der Waals surface area contributed by atoms with E-state index in [1.165, 1.54) is 22.9 Å². The number of benzene rings is 2. The summed E-state index contributed by atoms with van der Waals surface area (Å²) in [5.74, 6) is -0.428. The predicted molar refractivity (Wildman–Crippen MR) is 127 cm³/mol. The standard InChI is InChI=1S/C26H28N4O3/c1-28-14-15-30(23(18-28)21-10-6-3-7-11-21)25(32)19-29-17-22(12-13-24(29)31)26(33)27-16-20-8-4-2-5-9-20/h2-13,17,23H,14-16,18-19H2,1H3,(H,27,33)/t23-/m0/s1. The maximum absolute atomic E-state index is 13.2. The molecule has 1 aliphatic heterocycles. The summed E-state index contributed by atoms with van der Waals surface area (Å²) in [7, 11) is 2.04. The molecule has 0 radical (unpaired) electrons. The zero-order valence-electron chi connectivity index (χ0n) is 18.7. The minimum Gasteiger partial charge on any atom is -0.348 e. The molecule has 7 heteroatoms. The Morgan fingerprint density at radius 2 is 1.64 bits per heavy atom. The van der Waals surface area contributed by atoms with Crippen LogP contribution in [0, 0.1) is 0 Å². The third-order valence-corrected chi connectivity index (χ3v) is 5.94. The smallest absolute Gasteiger partial charge is 0.253 e. The Morgan fingerprint density at radius 1 is 0.939 bits per heavy atom. The molecule has 7 nitrogen and oxygen atoms in total. The van der Waals surface area contributed by atoms with Crippen LogP contribution < -0.4 is 10.9 Å². The van der Waals surface area contributed by atoms with E-state index in [0.29, 0.717) is 18.7 Å². The lowest BCUT2D eigenvalue weighted by molar-refractivity contribution is -0.136. The SMILES string of the molecule is CN1CCN(C(=O)Cn2cc(C(=O)NCc3ccccc3)ccc2=O)[C@H](c2ccccc2)C1. The molecule has 0 saturated carbocycles. The fourth-order valence-electron chi connectivity index (χ4n) is 4.08. The molecule has 0 bridgehead atoms. The second-order valence-electron chi connectivity index (χ2n) is 8.33. The van der Waals surface area contributed by atoms with Crippen molar-refractivity contribution in [1.82, 2.24) is 19.7 Å². The normalized spacial score (nSPS) is 16.4. The summed E-state index contributed by atoms with van der Waals surface area (Å²) < 4.78 is 1.32. The molecule has 1 aliphatic rings. The number of carbonyl (C=O) groups is 2. The van der Waals surface area contributed by atoms with Crippen molar-refractivity contribution in [3.63, 3.8) is 0 Å². The molecule has 0 aliphatic carbocycles. The molecule has 2 amide bonds. The minimum absolute atomic E-state index is 0.0782. The van der Waals surface area contributed by atoms with Crippen LogP contribution in [0.4, 0.5) is 0 Å². The highest BCUT2D eigenvalue weighted by Gasteiger charge is 2.30. The Kier molecular flexibility index (Phi) is 7.00. The van der Waals surface area contributed by atoms with Gasteiger partial charge in [0.15, 0.2) is 0 Å². The van der Waals surface area contributed by atoms with E-state index in [2.05, 4.69) is 10.2 Å². The molecular formula is C26H28N4O3. The Balaban J connectivity index is 1.48. The minimum atomic E-state index is -0.312. The highest BCUT2D eigenvalue weighted by molar-refractivity contribution is 5.93. The number of hydrogen-bond donors (Lipinski definition) is 1. The van der Waals surface area contributed by atoms with Crippen LogP contribution in [0.3, 0.4) is 0 Å². The van der Waals surface area contributed by atoms with Crippen molar-refractivity contribution in [2.24, 2.45) is 0 Å². The lowest BCUT2D eigenvalue weighted by Gasteiger charge is -2.40. The highest BCUT2D eigenvalue weighted by Crippen LogP contribution is 2.25. The van der Waals surface area contributed by atoms with Crippen molar-refractivity contribution >= 4 is 11.8 Å². The molecule has 4 rings (SSSR count). The van der Waals surface area contributed by atoms with Gasteiger partial charge in [-0.3, -0.25) is 14.4 Å². The lowest BCUT2D eigenvalue weighted by Crippen LogP contribution is -2.50. The van der Waals surface area contributed by atoms with E-state index >= 15 is 0 Å². The summed E-state index contributed by atoms with van der Waals surface area (Å²) in [5, 5.41) is 2.86. The number of amides is 2. The van der Waals surface area contributed by atoms with Crippen LogP contribution in [0.2, 0.25) is 0 Å². The molecular weight excluding hydrogens is 416 g/mol. The average Bonchev–Trinajstić information content (AvgIpc) is 2.85. The molecule has 1 aromatic heterocycles. The third-order valence-electron chi connectivity index (χ3n) is 5.94. The van der Waals surface area contributed by atoms with Gasteiger partial charge < -0.3 is 19.7 Å². The van der Waals surface area contributed by atoms with Crippen LogP contribution in [0.15, 0.2) is 83.8 Å². The maximum atomic E-state index is 13.2. The molecule has 33 heavy (non-hydrogen) atoms. The molecule has 2 heterocycles. The molecule has 1 atom stereocenters. The number of aromatic nitrogens is 1. The Bertz CT molecular complexity index is 1160. The summed E-state index contributed by atoms with van der Waals surface area (Å²) in [6.07, 6.45) is 1.47. The van der Waals surface area contributed by atoms with E-state index in [1.54, 1.807) is 0 Å². The van der Waals surface area contributed by atoms with Crippen molar-refractivity contribution < 1.29 is 9.59 Å². The van der Waals surface area contributed by atoms with Gasteiger partial charge in [-0.1, -0.05) is 60.7 Å². The van der Waals surface area contributed by atoms with Gasteiger partial charge >= 0.3 is 0 Å². The van der Waals surface area contributed by atoms with Crippen LogP contribution >= 0.6 is 0 Å². The van der Waals surface area contributed by atoms with Gasteiger partial charge in [0.05, 0.1) is 11.6 Å². The van der Waals surface area contributed by atoms with E-state index in [9.17, 15) is 14.4 Å². The van der Waals surface area contributed by atoms with Gasteiger partial charge in [0, 0.05) is 38.4 Å². The Morgan fingerprint density at radius 3 is 2.36 bits per heavy atom. The molecule has 1 N–H and O–H groups in total. The zero-order valence-corrected chi connectivity index (χ0v) is 18.7. The first kappa shape index (κ1) is 22.5. The average molecular weight is 445 g/mol. The van der Waals surface area contributed by atoms with Crippen molar-refractivity contribution in [2.75, 3.05) is 26.7 Å². The molecule has 2 aromatic carbocycles. The number of piperazine rings is 1. The summed E-state index contributed by atoms with van der Waals surface area (Å²) in [6, 6.07) is 22.3. The van der Waals surface area contributed by atoms with Gasteiger partial charge in [-0.25, -0.2) is 0 Å². The third kappa shape index (κ3) is 5.56. The van der Waals surface area contributed by atoms with Gasteiger partial charge in [-0.15, -0.1) is 0 Å². The summed E-state index contributed by atoms with van der Waals surface area (Å²) in [5.41, 5.74) is 2.08. The van der Waals surface area contributed by atoms with Crippen LogP contribution in [-0.2, 0) is 17.9 Å². The Hall–Kier alpha value is -3.71. The Labute approximate surface area is 193 Å². The van der Waals surface area contributed by atoms with E-state index in [0.717, 1.165) is 24.2 Å². The number of pyridine rings is 1. The second-order valence-corrected chi connectivity index (χ2v) is 8.33. The summed E-state index contributed by atoms with van der Waals surface area (Å²) >= 11 is 0. The van der Waals surface area contributed by atoms with Crippen molar-refractivity contribution in [3.05, 3.63) is 106 Å². The van der Waals surface area contributed by atoms with E-state index in [-0.39, 0.29) is 30.0 Å². The fourth-order valence-corrected chi connectivity index (χ4v) is 4.08. The number of hydrogen-bond acceptors (Lipinski definition) is 4. The van der Waals surface area contributed by atoms with E-state index in [1.807, 2.05) is 72.6 Å². The summed E-state index contributed by atoms with van der Waals surface area (Å²) in [6.45, 7) is 2.36. The van der Waals surface area contributed by atoms with Gasteiger partial charge in [0.1, 0.15) is 6.54 Å². The monoisotopic (exact) mass is 444 g/mol. The summed E-state index contributed by atoms with van der Waals surface area (Å²) in [4.78, 5) is 42.3. The first-order valence-electron chi connectivity index (χ1n) is 11.1. The van der Waals surface area contributed by atoms with E-state index < -0.39 is 0 Å². The van der Waals surface area contributed by atoms with Gasteiger partial charge in [-0.2, -0.15) is 0 Å². The molecule has 0 unspecified atom stereocenters. The number of nitrogens with zero attached hydrogens (tertiary/aromatic N) is 3. The quantitative estimate of drug-likeness (QED) is 0.633. The molecule has 1 saturated heterocycles. The topological polar surface area (TPSA) is 74.7 Å². The van der Waals surface area contributed by atoms with Crippen molar-refractivity contribution in [2.45, 2.75) is 19.1 Å². The van der Waals surface area contributed by atoms with Crippen LogP contribution in [0.1, 0.15) is 27.5 Å². The molecule has 0 spiro atoms. The molecule has 3 aromatic rings. The van der Waals surface area contributed by atoms with Crippen molar-refractivity contribution in [3.8, 4) is 0 Å². The van der Waals surface area contributed by atoms with Crippen LogP contribution in [0.25, 0.3) is 0 Å². The number of likely N-dealkylation sites (N-methyl/N-ethyl adjacent to an activating group) is 1. The van der Waals surface area contributed by atoms with Crippen LogP contribution in [-0.4, -0.2) is 52.9 Å². The number of rotatable bonds is 6. The van der Waals surface area contributed by atoms with E-state index in [4.69, 9.17) is 0 Å². The van der Waals surface area contributed by atoms with Crippen LogP contribution in [0.5, 0.6) is 0 Å². The molecule has 170 valence electrons. The molecule has 1 fully saturated rings. The fraction of sp³-hybridized carbons (Fsp3) is 0.269. The first-order chi connectivity index (χ1) is 16.0. The maximum Gasteiger partial charge on any atom is 0.253 e. The van der Waals surface area contributed by atoms with Crippen molar-refractivity contribution in [1.29, 1.82) is 0 Å². The van der Waals surface area contributed by atoms with Gasteiger partial charge in [-0.05, 0) is 24.2 Å². The first-order valence-corrected chi connectivity index (χ1v) is 11.1. The zero-order chi connectivity index (χ0) is 23.2. The number of nitrogens with one attached hydrogen (secondary N) is 1. The second kappa shape index (κ2) is 10.3. The highest BCUT2D eigenvalue weighted by atomic mass is 16.2. The lowest BCUT2D eigenvalue weighted by atomic mass is 10.0. The number of carbonyl (C=O) groups excluding carboxylic acids is 2. The van der Waals surface area contributed by atoms with Gasteiger partial charge in [0.2, 0.25) is 5.91 Å².